The van der Waals surface area contributed by atoms with Gasteiger partial charge in [0.25, 0.3) is 11.6 Å². The Kier molecular flexibility index (Phi) is 6.13. The van der Waals surface area contributed by atoms with Crippen LogP contribution in [0.3, 0.4) is 0 Å². The Morgan fingerprint density at radius 2 is 2.10 bits per heavy atom. The second-order valence-electron chi connectivity index (χ2n) is 5.06. The maximum absolute atomic E-state index is 12.2. The summed E-state index contributed by atoms with van der Waals surface area (Å²) in [5.74, 6) is 0.0321. The molecule has 0 bridgehead atoms. The van der Waals surface area contributed by atoms with E-state index in [0.717, 1.165) is 11.8 Å². The van der Waals surface area contributed by atoms with Gasteiger partial charge in [-0.05, 0) is 25.3 Å². The van der Waals surface area contributed by atoms with Gasteiger partial charge in [-0.3, -0.25) is 14.9 Å². The molecular formula is C14H19BrN2O3. The molecule has 0 saturated heterocycles. The van der Waals surface area contributed by atoms with E-state index < -0.39 is 4.92 Å². The zero-order valence-electron chi connectivity index (χ0n) is 11.9. The highest BCUT2D eigenvalue weighted by Crippen LogP contribution is 2.19. The summed E-state index contributed by atoms with van der Waals surface area (Å²) in [5, 5.41) is 14.6. The maximum Gasteiger partial charge on any atom is 0.273 e. The van der Waals surface area contributed by atoms with E-state index in [-0.39, 0.29) is 17.6 Å². The molecule has 0 aliphatic heterocycles. The van der Waals surface area contributed by atoms with Crippen LogP contribution in [0.4, 0.5) is 5.69 Å². The Bertz CT molecular complexity index is 503. The molecule has 0 aromatic heterocycles. The summed E-state index contributed by atoms with van der Waals surface area (Å²) < 4.78 is 0. The molecule has 1 amide bonds. The van der Waals surface area contributed by atoms with Crippen LogP contribution >= 0.6 is 15.9 Å². The summed E-state index contributed by atoms with van der Waals surface area (Å²) in [6, 6.07) is 4.59. The number of carbonyl (C=O) groups excluding carboxylic acids is 1. The number of aryl methyl sites for hydroxylation is 1. The summed E-state index contributed by atoms with van der Waals surface area (Å²) in [5.41, 5.74) is 0.842. The van der Waals surface area contributed by atoms with E-state index in [1.807, 2.05) is 13.8 Å². The summed E-state index contributed by atoms with van der Waals surface area (Å²) in [6.07, 6.45) is 0.817. The number of halogens is 1. The minimum atomic E-state index is -0.468. The lowest BCUT2D eigenvalue weighted by atomic mass is 10.0. The van der Waals surface area contributed by atoms with Crippen molar-refractivity contribution in [2.75, 3.05) is 5.33 Å². The molecule has 1 N–H and O–H groups in total. The fraction of sp³-hybridized carbons (Fsp3) is 0.500. The van der Waals surface area contributed by atoms with Gasteiger partial charge in [-0.25, -0.2) is 0 Å². The third-order valence-corrected chi connectivity index (χ3v) is 3.67. The van der Waals surface area contributed by atoms with Crippen LogP contribution in [0.25, 0.3) is 0 Å². The predicted molar refractivity (Wildman–Crippen MR) is 82.3 cm³/mol. The van der Waals surface area contributed by atoms with Crippen LogP contribution in [0.1, 0.15) is 36.2 Å². The Balaban J connectivity index is 2.92. The zero-order valence-corrected chi connectivity index (χ0v) is 13.4. The molecule has 1 rings (SSSR count). The Labute approximate surface area is 127 Å². The standard InChI is InChI=1S/C14H19BrN2O3/c1-9(2)12(6-7-15)16-14(18)11-5-4-10(3)13(8-11)17(19)20/h4-5,8-9,12H,6-7H2,1-3H3,(H,16,18). The maximum atomic E-state index is 12.2. The lowest BCUT2D eigenvalue weighted by Crippen LogP contribution is -2.38. The molecule has 5 nitrogen and oxygen atoms in total. The van der Waals surface area contributed by atoms with E-state index in [1.165, 1.54) is 6.07 Å². The smallest absolute Gasteiger partial charge is 0.273 e. The van der Waals surface area contributed by atoms with Gasteiger partial charge in [0.15, 0.2) is 0 Å². The van der Waals surface area contributed by atoms with Gasteiger partial charge in [-0.2, -0.15) is 0 Å². The van der Waals surface area contributed by atoms with Crippen molar-refractivity contribution in [1.82, 2.24) is 5.32 Å². The molecule has 0 aliphatic carbocycles. The number of benzene rings is 1. The molecular weight excluding hydrogens is 324 g/mol. The minimum absolute atomic E-state index is 0.0285. The first-order valence-electron chi connectivity index (χ1n) is 6.48. The van der Waals surface area contributed by atoms with Gasteiger partial charge >= 0.3 is 0 Å². The molecule has 0 saturated carbocycles. The van der Waals surface area contributed by atoms with Crippen LogP contribution < -0.4 is 5.32 Å². The second-order valence-corrected chi connectivity index (χ2v) is 5.85. The number of rotatable bonds is 6. The highest BCUT2D eigenvalue weighted by Gasteiger charge is 2.19. The van der Waals surface area contributed by atoms with Gasteiger partial charge in [-0.1, -0.05) is 35.8 Å². The van der Waals surface area contributed by atoms with Crippen LogP contribution in [0, 0.1) is 23.0 Å². The number of hydrogen-bond acceptors (Lipinski definition) is 3. The third kappa shape index (κ3) is 4.30. The minimum Gasteiger partial charge on any atom is -0.349 e. The summed E-state index contributed by atoms with van der Waals surface area (Å²) in [4.78, 5) is 22.6. The second kappa shape index (κ2) is 7.38. The number of alkyl halides is 1. The van der Waals surface area contributed by atoms with Crippen molar-refractivity contribution in [2.24, 2.45) is 5.92 Å². The van der Waals surface area contributed by atoms with Crippen molar-refractivity contribution in [3.8, 4) is 0 Å². The average molecular weight is 343 g/mol. The van der Waals surface area contributed by atoms with E-state index in [1.54, 1.807) is 19.1 Å². The van der Waals surface area contributed by atoms with Crippen LogP contribution in [0.5, 0.6) is 0 Å². The number of amides is 1. The molecule has 110 valence electrons. The van der Waals surface area contributed by atoms with E-state index >= 15 is 0 Å². The number of nitro benzene ring substituents is 1. The largest absolute Gasteiger partial charge is 0.349 e. The van der Waals surface area contributed by atoms with Gasteiger partial charge in [0, 0.05) is 28.6 Å². The first-order valence-corrected chi connectivity index (χ1v) is 7.60. The first kappa shape index (κ1) is 16.6. The first-order chi connectivity index (χ1) is 9.36. The Morgan fingerprint density at radius 3 is 2.60 bits per heavy atom. The SMILES string of the molecule is Cc1ccc(C(=O)NC(CCBr)C(C)C)cc1[N+](=O)[O-]. The lowest BCUT2D eigenvalue weighted by Gasteiger charge is -2.21. The van der Waals surface area contributed by atoms with Crippen molar-refractivity contribution >= 4 is 27.5 Å². The van der Waals surface area contributed by atoms with Gasteiger partial charge in [-0.15, -0.1) is 0 Å². The molecule has 1 atom stereocenters. The quantitative estimate of drug-likeness (QED) is 0.489. The summed E-state index contributed by atoms with van der Waals surface area (Å²) in [7, 11) is 0. The molecule has 0 spiro atoms. The normalized spacial score (nSPS) is 12.2. The number of nitrogens with zero attached hydrogens (tertiary/aromatic N) is 1. The Hall–Kier alpha value is -1.43. The van der Waals surface area contributed by atoms with Gasteiger partial charge in [0.1, 0.15) is 0 Å². The van der Waals surface area contributed by atoms with Crippen molar-refractivity contribution in [3.63, 3.8) is 0 Å². The topological polar surface area (TPSA) is 72.2 Å². The zero-order chi connectivity index (χ0) is 15.3. The fourth-order valence-corrected chi connectivity index (χ4v) is 2.38. The van der Waals surface area contributed by atoms with E-state index in [4.69, 9.17) is 0 Å². The third-order valence-electron chi connectivity index (χ3n) is 3.21. The number of nitrogens with one attached hydrogen (secondary N) is 1. The van der Waals surface area contributed by atoms with Gasteiger partial charge < -0.3 is 5.32 Å². The molecule has 0 heterocycles. The summed E-state index contributed by atoms with van der Waals surface area (Å²) in [6.45, 7) is 5.72. The molecule has 0 radical (unpaired) electrons. The molecule has 0 fully saturated rings. The van der Waals surface area contributed by atoms with Crippen molar-refractivity contribution < 1.29 is 9.72 Å². The lowest BCUT2D eigenvalue weighted by molar-refractivity contribution is -0.385. The highest BCUT2D eigenvalue weighted by atomic mass is 79.9. The van der Waals surface area contributed by atoms with Crippen molar-refractivity contribution in [1.29, 1.82) is 0 Å². The van der Waals surface area contributed by atoms with E-state index in [0.29, 0.717) is 17.0 Å². The summed E-state index contributed by atoms with van der Waals surface area (Å²) >= 11 is 3.36. The van der Waals surface area contributed by atoms with Crippen molar-refractivity contribution in [2.45, 2.75) is 33.2 Å². The van der Waals surface area contributed by atoms with Crippen LogP contribution in [-0.2, 0) is 0 Å². The van der Waals surface area contributed by atoms with Gasteiger partial charge in [0.2, 0.25) is 0 Å². The molecule has 1 unspecified atom stereocenters. The molecule has 1 aromatic rings. The van der Waals surface area contributed by atoms with Crippen LogP contribution in [-0.4, -0.2) is 22.2 Å². The molecule has 20 heavy (non-hydrogen) atoms. The number of nitro groups is 1. The Morgan fingerprint density at radius 1 is 1.45 bits per heavy atom. The number of hydrogen-bond donors (Lipinski definition) is 1. The van der Waals surface area contributed by atoms with E-state index in [2.05, 4.69) is 21.2 Å². The van der Waals surface area contributed by atoms with Crippen molar-refractivity contribution in [3.05, 3.63) is 39.4 Å². The molecule has 0 aliphatic rings. The van der Waals surface area contributed by atoms with Gasteiger partial charge in [0.05, 0.1) is 4.92 Å². The number of carbonyl (C=O) groups is 1. The average Bonchev–Trinajstić information content (AvgIpc) is 2.38. The van der Waals surface area contributed by atoms with Crippen LogP contribution in [0.15, 0.2) is 18.2 Å². The monoisotopic (exact) mass is 342 g/mol. The highest BCUT2D eigenvalue weighted by molar-refractivity contribution is 9.09. The van der Waals surface area contributed by atoms with E-state index in [9.17, 15) is 14.9 Å². The molecule has 1 aromatic carbocycles. The fourth-order valence-electron chi connectivity index (χ4n) is 1.89. The molecule has 6 heteroatoms. The predicted octanol–water partition coefficient (Wildman–Crippen LogP) is 3.44. The van der Waals surface area contributed by atoms with Crippen LogP contribution in [0.2, 0.25) is 0 Å².